The van der Waals surface area contributed by atoms with Gasteiger partial charge in [0.25, 0.3) is 0 Å². The van der Waals surface area contributed by atoms with Gasteiger partial charge in [-0.1, -0.05) is 0 Å². The summed E-state index contributed by atoms with van der Waals surface area (Å²) in [6.45, 7) is 5.23. The molecule has 0 fully saturated rings. The quantitative estimate of drug-likeness (QED) is 0.482. The summed E-state index contributed by atoms with van der Waals surface area (Å²) in [5, 5.41) is 1.76. The standard InChI is InChI=1S/C8H16N2O3S/c1-8(2,3)13-7(12)10-6(14)4-5(9)11/h6,14H,4H2,1-3H3,(H2,9,11)(H,10,12). The Morgan fingerprint density at radius 1 is 1.50 bits per heavy atom. The second-order valence-electron chi connectivity index (χ2n) is 3.83. The Kier molecular flexibility index (Phi) is 4.76. The van der Waals surface area contributed by atoms with Crippen molar-refractivity contribution >= 4 is 24.6 Å². The normalized spacial score (nSPS) is 13.1. The molecule has 0 aromatic rings. The number of hydrogen-bond donors (Lipinski definition) is 3. The highest BCUT2D eigenvalue weighted by atomic mass is 32.1. The minimum atomic E-state index is -0.612. The van der Waals surface area contributed by atoms with Gasteiger partial charge < -0.3 is 15.8 Å². The van der Waals surface area contributed by atoms with E-state index in [1.54, 1.807) is 20.8 Å². The smallest absolute Gasteiger partial charge is 0.408 e. The van der Waals surface area contributed by atoms with E-state index in [2.05, 4.69) is 17.9 Å². The summed E-state index contributed by atoms with van der Waals surface area (Å²) in [5.74, 6) is -0.527. The van der Waals surface area contributed by atoms with Crippen LogP contribution in [0.2, 0.25) is 0 Å². The molecule has 0 aliphatic heterocycles. The highest BCUT2D eigenvalue weighted by Gasteiger charge is 2.18. The number of rotatable bonds is 3. The van der Waals surface area contributed by atoms with E-state index in [4.69, 9.17) is 10.5 Å². The molecule has 6 heteroatoms. The summed E-state index contributed by atoms with van der Waals surface area (Å²) >= 11 is 3.95. The molecule has 0 bridgehead atoms. The molecule has 82 valence electrons. The number of nitrogens with two attached hydrogens (primary N) is 1. The van der Waals surface area contributed by atoms with E-state index in [9.17, 15) is 9.59 Å². The molecule has 0 radical (unpaired) electrons. The van der Waals surface area contributed by atoms with Crippen molar-refractivity contribution < 1.29 is 14.3 Å². The fourth-order valence-electron chi connectivity index (χ4n) is 0.685. The van der Waals surface area contributed by atoms with Crippen LogP contribution in [-0.2, 0) is 9.53 Å². The summed E-state index contributed by atoms with van der Waals surface area (Å²) in [4.78, 5) is 21.6. The molecule has 5 nitrogen and oxygen atoms in total. The van der Waals surface area contributed by atoms with Crippen LogP contribution in [0.1, 0.15) is 27.2 Å². The minimum absolute atomic E-state index is 0.0254. The van der Waals surface area contributed by atoms with Crippen LogP contribution in [-0.4, -0.2) is 23.0 Å². The summed E-state index contributed by atoms with van der Waals surface area (Å²) in [7, 11) is 0. The third kappa shape index (κ3) is 7.72. The van der Waals surface area contributed by atoms with Crippen LogP contribution in [0.25, 0.3) is 0 Å². The van der Waals surface area contributed by atoms with Gasteiger partial charge in [0.05, 0.1) is 11.8 Å². The van der Waals surface area contributed by atoms with Crippen LogP contribution in [0.15, 0.2) is 0 Å². The van der Waals surface area contributed by atoms with Gasteiger partial charge in [0.2, 0.25) is 5.91 Å². The van der Waals surface area contributed by atoms with E-state index < -0.39 is 23.0 Å². The fraction of sp³-hybridized carbons (Fsp3) is 0.750. The molecule has 0 aromatic heterocycles. The van der Waals surface area contributed by atoms with Crippen molar-refractivity contribution in [3.63, 3.8) is 0 Å². The van der Waals surface area contributed by atoms with Crippen LogP contribution in [0.5, 0.6) is 0 Å². The van der Waals surface area contributed by atoms with Gasteiger partial charge in [0, 0.05) is 0 Å². The van der Waals surface area contributed by atoms with E-state index in [0.29, 0.717) is 0 Å². The molecule has 3 N–H and O–H groups in total. The Morgan fingerprint density at radius 3 is 2.36 bits per heavy atom. The number of carbonyl (C=O) groups is 2. The van der Waals surface area contributed by atoms with Crippen LogP contribution in [0.4, 0.5) is 4.79 Å². The first-order valence-corrected chi connectivity index (χ1v) is 4.68. The largest absolute Gasteiger partial charge is 0.444 e. The van der Waals surface area contributed by atoms with Gasteiger partial charge >= 0.3 is 6.09 Å². The minimum Gasteiger partial charge on any atom is -0.444 e. The van der Waals surface area contributed by atoms with E-state index in [1.807, 2.05) is 0 Å². The van der Waals surface area contributed by atoms with Gasteiger partial charge in [-0.05, 0) is 20.8 Å². The Bertz CT molecular complexity index is 225. The van der Waals surface area contributed by atoms with Crippen molar-refractivity contribution in [3.8, 4) is 0 Å². The first-order valence-electron chi connectivity index (χ1n) is 4.16. The van der Waals surface area contributed by atoms with Gasteiger partial charge in [-0.25, -0.2) is 4.79 Å². The SMILES string of the molecule is CC(C)(C)OC(=O)NC(S)CC(N)=O. The third-order valence-corrected chi connectivity index (χ3v) is 1.39. The number of carbonyl (C=O) groups excluding carboxylic acids is 2. The second-order valence-corrected chi connectivity index (χ2v) is 4.46. The topological polar surface area (TPSA) is 81.4 Å². The Labute approximate surface area is 88.8 Å². The van der Waals surface area contributed by atoms with Crippen molar-refractivity contribution in [2.75, 3.05) is 0 Å². The molecule has 2 amide bonds. The predicted octanol–water partition coefficient (Wildman–Crippen LogP) is 0.642. The lowest BCUT2D eigenvalue weighted by Gasteiger charge is -2.21. The predicted molar refractivity (Wildman–Crippen MR) is 56.0 cm³/mol. The van der Waals surface area contributed by atoms with Crippen LogP contribution < -0.4 is 11.1 Å². The maximum atomic E-state index is 11.1. The summed E-state index contributed by atoms with van der Waals surface area (Å²) in [5.41, 5.74) is 4.35. The first kappa shape index (κ1) is 13.1. The maximum absolute atomic E-state index is 11.1. The van der Waals surface area contributed by atoms with E-state index >= 15 is 0 Å². The maximum Gasteiger partial charge on any atom is 0.408 e. The lowest BCUT2D eigenvalue weighted by molar-refractivity contribution is -0.118. The number of amides is 2. The summed E-state index contributed by atoms with van der Waals surface area (Å²) in [6, 6.07) is 0. The number of ether oxygens (including phenoxy) is 1. The molecule has 0 aliphatic carbocycles. The average molecular weight is 220 g/mol. The molecule has 0 saturated heterocycles. The third-order valence-electron chi connectivity index (χ3n) is 1.08. The molecule has 0 saturated carbocycles. The number of alkyl carbamates (subject to hydrolysis) is 1. The molecule has 1 atom stereocenters. The monoisotopic (exact) mass is 220 g/mol. The highest BCUT2D eigenvalue weighted by Crippen LogP contribution is 2.07. The van der Waals surface area contributed by atoms with Gasteiger partial charge in [0.15, 0.2) is 0 Å². The molecule has 0 aliphatic rings. The lowest BCUT2D eigenvalue weighted by Crippen LogP contribution is -2.38. The van der Waals surface area contributed by atoms with Crippen LogP contribution in [0.3, 0.4) is 0 Å². The Morgan fingerprint density at radius 2 is 2.00 bits per heavy atom. The molecule has 0 heterocycles. The van der Waals surface area contributed by atoms with Gasteiger partial charge in [-0.15, -0.1) is 0 Å². The zero-order valence-electron chi connectivity index (χ0n) is 8.53. The van der Waals surface area contributed by atoms with Gasteiger partial charge in [-0.2, -0.15) is 12.6 Å². The van der Waals surface area contributed by atoms with Crippen molar-refractivity contribution in [1.29, 1.82) is 0 Å². The Balaban J connectivity index is 3.89. The zero-order chi connectivity index (χ0) is 11.4. The fourth-order valence-corrected chi connectivity index (χ4v) is 0.971. The summed E-state index contributed by atoms with van der Waals surface area (Å²) in [6.07, 6.45) is -0.638. The molecule has 0 aromatic carbocycles. The highest BCUT2D eigenvalue weighted by molar-refractivity contribution is 7.80. The number of hydrogen-bond acceptors (Lipinski definition) is 4. The van der Waals surface area contributed by atoms with E-state index in [1.165, 1.54) is 0 Å². The number of nitrogens with one attached hydrogen (secondary N) is 1. The van der Waals surface area contributed by atoms with Crippen LogP contribution in [0, 0.1) is 0 Å². The molecule has 0 spiro atoms. The number of thiol groups is 1. The molecular formula is C8H16N2O3S. The summed E-state index contributed by atoms with van der Waals surface area (Å²) < 4.78 is 4.94. The molecular weight excluding hydrogens is 204 g/mol. The van der Waals surface area contributed by atoms with Gasteiger partial charge in [0.1, 0.15) is 5.60 Å². The van der Waals surface area contributed by atoms with E-state index in [-0.39, 0.29) is 6.42 Å². The van der Waals surface area contributed by atoms with Crippen LogP contribution >= 0.6 is 12.6 Å². The molecule has 14 heavy (non-hydrogen) atoms. The second kappa shape index (κ2) is 5.09. The van der Waals surface area contributed by atoms with Gasteiger partial charge in [-0.3, -0.25) is 4.79 Å². The van der Waals surface area contributed by atoms with Crippen molar-refractivity contribution in [3.05, 3.63) is 0 Å². The lowest BCUT2D eigenvalue weighted by atomic mass is 10.2. The zero-order valence-corrected chi connectivity index (χ0v) is 9.43. The Hall–Kier alpha value is -0.910. The van der Waals surface area contributed by atoms with Crippen molar-refractivity contribution in [2.24, 2.45) is 5.73 Å². The number of primary amides is 1. The molecule has 1 unspecified atom stereocenters. The van der Waals surface area contributed by atoms with Crippen molar-refractivity contribution in [2.45, 2.75) is 38.2 Å². The average Bonchev–Trinajstić information content (AvgIpc) is 1.77. The molecule has 0 rings (SSSR count). The van der Waals surface area contributed by atoms with Crippen molar-refractivity contribution in [1.82, 2.24) is 5.32 Å². The van der Waals surface area contributed by atoms with E-state index in [0.717, 1.165) is 0 Å². The first-order chi connectivity index (χ1) is 6.20.